The molecule has 8 aliphatic rings. The second-order valence-electron chi connectivity index (χ2n) is 33.1. The normalized spacial score (nSPS) is 27.3. The van der Waals surface area contributed by atoms with Gasteiger partial charge in [-0.25, -0.2) is 29.1 Å². The van der Waals surface area contributed by atoms with Crippen LogP contribution in [0.15, 0.2) is 201 Å². The molecule has 8 fully saturated rings. The highest BCUT2D eigenvalue weighted by Gasteiger charge is 2.55. The highest BCUT2D eigenvalue weighted by molar-refractivity contribution is 5.97. The Hall–Kier alpha value is -10.5. The molecule has 8 amide bonds. The minimum atomic E-state index is -4.43. The van der Waals surface area contributed by atoms with E-state index in [0.29, 0.717) is 43.3 Å². The van der Waals surface area contributed by atoms with Crippen molar-refractivity contribution < 1.29 is 37.1 Å². The summed E-state index contributed by atoms with van der Waals surface area (Å²) in [5.41, 5.74) is 6.80. The Kier molecular flexibility index (Phi) is 23.2. The standard InChI is InChI=1S/C23H26F3N3O.C22H25N5O.C22H28N4O2.C22H28N4O/c1-28(2)22(17-7-4-3-5-8-17)13-11-21(12-14-22)16-29(20(30)27-21)19-10-6-9-18(15-19)23(24,25)26;1-26(2)22(18-6-4-3-5-7-18)10-8-21(9-11-22)16-27(20(28)25-21)19-12-17(13-23)14-24-15-19;1-25(2)22(17-7-5-4-6-8-17)13-11-21(12-14-22)16-26(20(27)24-21)18-9-10-19(28-3)23-15-18;1-17-8-7-15-23-19(17)26-16-21(24-20(26)27)11-13-22(14-12-21,25(2)3)18-9-5-4-6-10-18/h3-10,15H,11-14,16H2,1-2H3,(H,27,30);3-7,12,14-15H,8-11,16H2,1-2H3,(H,25,28);4-10,15H,11-14,16H2,1-3H3,(H,24,27);4-10,15H,11-14,16H2,1-3H3,(H,24,27). The third-order valence-corrected chi connectivity index (χ3v) is 26.2. The fourth-order valence-electron chi connectivity index (χ4n) is 19.2. The van der Waals surface area contributed by atoms with Gasteiger partial charge in [0.1, 0.15) is 11.9 Å². The Balaban J connectivity index is 0.000000132. The van der Waals surface area contributed by atoms with E-state index in [2.05, 4.69) is 221 Å². The van der Waals surface area contributed by atoms with Crippen molar-refractivity contribution in [2.24, 2.45) is 0 Å². The molecule has 21 nitrogen and oxygen atoms in total. The fraction of sp³-hybridized carbons (Fsp3) is 0.438. The number of benzene rings is 5. The summed E-state index contributed by atoms with van der Waals surface area (Å²) >= 11 is 0. The number of hydrogen-bond donors (Lipinski definition) is 4. The molecule has 0 radical (unpaired) electrons. The molecule has 4 aliphatic heterocycles. The molecule has 4 N–H and O–H groups in total. The van der Waals surface area contributed by atoms with Crippen LogP contribution >= 0.6 is 0 Å². The van der Waals surface area contributed by atoms with Gasteiger partial charge >= 0.3 is 30.3 Å². The van der Waals surface area contributed by atoms with Gasteiger partial charge in [0, 0.05) is 46.3 Å². The zero-order valence-electron chi connectivity index (χ0n) is 66.7. The number of ether oxygens (including phenoxy) is 1. The van der Waals surface area contributed by atoms with Crippen molar-refractivity contribution in [2.75, 3.05) is 109 Å². The van der Waals surface area contributed by atoms with Gasteiger partial charge in [0.15, 0.2) is 0 Å². The molecule has 5 aromatic carbocycles. The first-order valence-electron chi connectivity index (χ1n) is 39.3. The smallest absolute Gasteiger partial charge is 0.416 e. The molecule has 4 spiro atoms. The first-order valence-corrected chi connectivity index (χ1v) is 39.3. The number of aromatic nitrogens is 3. The number of alkyl halides is 3. The van der Waals surface area contributed by atoms with Gasteiger partial charge in [-0.1, -0.05) is 133 Å². The van der Waals surface area contributed by atoms with E-state index in [1.165, 1.54) is 39.4 Å². The van der Waals surface area contributed by atoms with Crippen molar-refractivity contribution in [1.29, 1.82) is 5.26 Å². The molecule has 4 saturated carbocycles. The fourth-order valence-corrected chi connectivity index (χ4v) is 19.2. The van der Waals surface area contributed by atoms with Crippen LogP contribution in [-0.2, 0) is 28.3 Å². The van der Waals surface area contributed by atoms with E-state index in [9.17, 15) is 32.3 Å². The number of rotatable bonds is 13. The van der Waals surface area contributed by atoms with Crippen molar-refractivity contribution >= 4 is 47.0 Å². The minimum absolute atomic E-state index is 0.00701. The SMILES string of the molecule is CN(C)C1(c2ccccc2)CCC2(CC1)CN(c1cccc(C(F)(F)F)c1)C(=O)N2.CN(C)C1(c2ccccc2)CCC2(CC1)CN(c1cncc(C#N)c1)C(=O)N2.COc1ccc(N2CC3(CCC(c4ccccc4)(N(C)C)CC3)NC2=O)cn1.Cc1cccnc1N1CC2(CCC(c3ccccc3)(N(C)C)CC2)NC1=O. The van der Waals surface area contributed by atoms with Crippen molar-refractivity contribution in [3.05, 3.63) is 240 Å². The van der Waals surface area contributed by atoms with Gasteiger partial charge in [-0.05, 0) is 230 Å². The summed E-state index contributed by atoms with van der Waals surface area (Å²) in [7, 11) is 18.7. The lowest BCUT2D eigenvalue weighted by atomic mass is 9.69. The topological polar surface area (TPSA) is 214 Å². The van der Waals surface area contributed by atoms with Gasteiger partial charge in [0.2, 0.25) is 5.88 Å². The Morgan fingerprint density at radius 3 is 1.11 bits per heavy atom. The molecule has 16 rings (SSSR count). The van der Waals surface area contributed by atoms with E-state index in [1.807, 2.05) is 48.2 Å². The highest BCUT2D eigenvalue weighted by Crippen LogP contribution is 2.52. The van der Waals surface area contributed by atoms with E-state index < -0.39 is 17.3 Å². The van der Waals surface area contributed by atoms with Crippen LogP contribution in [0.2, 0.25) is 0 Å². The molecule has 0 bridgehead atoms. The van der Waals surface area contributed by atoms with Crippen molar-refractivity contribution in [3.63, 3.8) is 0 Å². The lowest BCUT2D eigenvalue weighted by Crippen LogP contribution is -2.54. The summed E-state index contributed by atoms with van der Waals surface area (Å²) in [6, 6.07) is 58.4. The monoisotopic (exact) mass is 1540 g/mol. The van der Waals surface area contributed by atoms with Crippen LogP contribution in [-0.4, -0.2) is 171 Å². The average Bonchev–Trinajstić information content (AvgIpc) is 1.68. The van der Waals surface area contributed by atoms with Crippen LogP contribution in [0, 0.1) is 18.3 Å². The van der Waals surface area contributed by atoms with Crippen molar-refractivity contribution in [3.8, 4) is 11.9 Å². The second kappa shape index (κ2) is 32.6. The number of carbonyl (C=O) groups is 4. The average molecular weight is 1540 g/mol. The predicted octanol–water partition coefficient (Wildman–Crippen LogP) is 15.3. The molecule has 4 saturated heterocycles. The summed E-state index contributed by atoms with van der Waals surface area (Å²) < 4.78 is 44.4. The third kappa shape index (κ3) is 16.3. The Morgan fingerprint density at radius 1 is 0.407 bits per heavy atom. The van der Waals surface area contributed by atoms with E-state index >= 15 is 0 Å². The molecule has 0 atom stereocenters. The number of amides is 8. The zero-order valence-corrected chi connectivity index (χ0v) is 66.7. The lowest BCUT2D eigenvalue weighted by Gasteiger charge is -2.48. The molecule has 0 unspecified atom stereocenters. The zero-order chi connectivity index (χ0) is 80.2. The van der Waals surface area contributed by atoms with E-state index in [4.69, 9.17) is 10.00 Å². The molecule has 594 valence electrons. The minimum Gasteiger partial charge on any atom is -0.481 e. The molecule has 113 heavy (non-hydrogen) atoms. The van der Waals surface area contributed by atoms with Gasteiger partial charge in [-0.3, -0.25) is 44.2 Å². The van der Waals surface area contributed by atoms with Gasteiger partial charge in [0.05, 0.1) is 90.3 Å². The van der Waals surface area contributed by atoms with E-state index in [-0.39, 0.29) is 68.6 Å². The summed E-state index contributed by atoms with van der Waals surface area (Å²) in [5, 5.41) is 22.0. The van der Waals surface area contributed by atoms with Crippen LogP contribution in [0.3, 0.4) is 0 Å². The number of nitriles is 1. The van der Waals surface area contributed by atoms with Gasteiger partial charge < -0.3 is 26.0 Å². The summed E-state index contributed by atoms with van der Waals surface area (Å²) in [6.07, 6.45) is 17.1. The number of nitrogens with zero attached hydrogens (tertiary/aromatic N) is 12. The Bertz CT molecular complexity index is 4670. The molecule has 24 heteroatoms. The van der Waals surface area contributed by atoms with Crippen molar-refractivity contribution in [1.82, 2.24) is 55.8 Å². The quantitative estimate of drug-likeness (QED) is 0.0847. The molecule has 8 aromatic rings. The maximum absolute atomic E-state index is 13.1. The molecular formula is C89H107F3N16O5. The van der Waals surface area contributed by atoms with Gasteiger partial charge in [-0.15, -0.1) is 0 Å². The number of methoxy groups -OCH3 is 1. The van der Waals surface area contributed by atoms with Crippen LogP contribution in [0.1, 0.15) is 142 Å². The molecular weight excluding hydrogens is 1430 g/mol. The number of urea groups is 4. The number of aryl methyl sites for hydroxylation is 1. The second-order valence-corrected chi connectivity index (χ2v) is 33.1. The number of carbonyl (C=O) groups excluding carboxylic acids is 4. The molecule has 3 aromatic heterocycles. The van der Waals surface area contributed by atoms with Gasteiger partial charge in [0.25, 0.3) is 0 Å². The number of hydrogen-bond acceptors (Lipinski definition) is 13. The first kappa shape index (κ1) is 80.6. The maximum atomic E-state index is 13.1. The van der Waals surface area contributed by atoms with Gasteiger partial charge in [-0.2, -0.15) is 18.4 Å². The summed E-state index contributed by atoms with van der Waals surface area (Å²) in [5.74, 6) is 1.33. The van der Waals surface area contributed by atoms with Crippen LogP contribution in [0.25, 0.3) is 0 Å². The lowest BCUT2D eigenvalue weighted by molar-refractivity contribution is -0.137. The van der Waals surface area contributed by atoms with E-state index in [0.717, 1.165) is 132 Å². The summed E-state index contributed by atoms with van der Waals surface area (Å²) in [6.45, 7) is 4.38. The first-order chi connectivity index (χ1) is 54.1. The number of anilines is 4. The number of nitrogens with one attached hydrogen (secondary N) is 4. The number of halogens is 3. The molecule has 7 heterocycles. The number of pyridine rings is 3. The van der Waals surface area contributed by atoms with E-state index in [1.54, 1.807) is 53.7 Å². The third-order valence-electron chi connectivity index (χ3n) is 26.2. The van der Waals surface area contributed by atoms with Crippen LogP contribution in [0.5, 0.6) is 5.88 Å². The Labute approximate surface area is 662 Å². The molecule has 4 aliphatic carbocycles. The summed E-state index contributed by atoms with van der Waals surface area (Å²) in [4.78, 5) is 79.7. The predicted molar refractivity (Wildman–Crippen MR) is 436 cm³/mol. The Morgan fingerprint density at radius 2 is 0.770 bits per heavy atom. The maximum Gasteiger partial charge on any atom is 0.416 e. The highest BCUT2D eigenvalue weighted by atomic mass is 19.4. The van der Waals surface area contributed by atoms with Crippen LogP contribution in [0.4, 0.5) is 55.2 Å². The van der Waals surface area contributed by atoms with Crippen LogP contribution < -0.4 is 45.6 Å². The van der Waals surface area contributed by atoms with Crippen molar-refractivity contribution in [2.45, 2.75) is 160 Å². The largest absolute Gasteiger partial charge is 0.481 e.